The lowest BCUT2D eigenvalue weighted by Gasteiger charge is -2.10. The minimum atomic E-state index is -0.919. The Kier molecular flexibility index (Phi) is 3.89. The summed E-state index contributed by atoms with van der Waals surface area (Å²) < 4.78 is 27.0. The number of nitrogens with one attached hydrogen (secondary N) is 1. The third-order valence-electron chi connectivity index (χ3n) is 3.38. The van der Waals surface area contributed by atoms with Gasteiger partial charge in [0.1, 0.15) is 5.82 Å². The third kappa shape index (κ3) is 2.90. The van der Waals surface area contributed by atoms with Crippen LogP contribution in [0.5, 0.6) is 0 Å². The zero-order chi connectivity index (χ0) is 15.0. The van der Waals surface area contributed by atoms with Gasteiger partial charge in [-0.25, -0.2) is 18.7 Å². The summed E-state index contributed by atoms with van der Waals surface area (Å²) in [4.78, 5) is 8.90. The molecule has 1 aliphatic rings. The smallest absolute Gasteiger partial charge is 0.173 e. The van der Waals surface area contributed by atoms with E-state index in [1.165, 1.54) is 6.07 Å². The van der Waals surface area contributed by atoms with Crippen LogP contribution in [0.25, 0.3) is 11.4 Å². The highest BCUT2D eigenvalue weighted by atomic mass is 79.9. The highest BCUT2D eigenvalue weighted by molar-refractivity contribution is 9.10. The van der Waals surface area contributed by atoms with Gasteiger partial charge in [0.15, 0.2) is 17.5 Å². The molecule has 0 bridgehead atoms. The first kappa shape index (κ1) is 14.4. The largest absolute Gasteiger partial charge is 0.370 e. The number of benzene rings is 1. The molecule has 1 aliphatic carbocycles. The van der Waals surface area contributed by atoms with Crippen LogP contribution < -0.4 is 5.32 Å². The first-order valence-corrected chi connectivity index (χ1v) is 7.66. The number of aromatic nitrogens is 2. The Morgan fingerprint density at radius 1 is 1.29 bits per heavy atom. The Morgan fingerprint density at radius 3 is 2.71 bits per heavy atom. The minimum absolute atomic E-state index is 0.0536. The van der Waals surface area contributed by atoms with Gasteiger partial charge < -0.3 is 5.32 Å². The van der Waals surface area contributed by atoms with E-state index in [1.807, 2.05) is 13.0 Å². The fourth-order valence-electron chi connectivity index (χ4n) is 2.14. The monoisotopic (exact) mass is 353 g/mol. The summed E-state index contributed by atoms with van der Waals surface area (Å²) in [6, 6.07) is 4.51. The van der Waals surface area contributed by atoms with Gasteiger partial charge >= 0.3 is 0 Å². The van der Waals surface area contributed by atoms with Crippen LogP contribution in [0, 0.1) is 11.6 Å². The summed E-state index contributed by atoms with van der Waals surface area (Å²) in [6.07, 6.45) is 2.22. The molecule has 1 N–H and O–H groups in total. The zero-order valence-corrected chi connectivity index (χ0v) is 13.0. The zero-order valence-electron chi connectivity index (χ0n) is 11.5. The van der Waals surface area contributed by atoms with Crippen LogP contribution in [0.4, 0.5) is 14.6 Å². The van der Waals surface area contributed by atoms with Crippen LogP contribution in [0.1, 0.15) is 31.4 Å². The van der Waals surface area contributed by atoms with Crippen LogP contribution in [-0.4, -0.2) is 16.5 Å². The van der Waals surface area contributed by atoms with Crippen LogP contribution in [0.2, 0.25) is 0 Å². The van der Waals surface area contributed by atoms with Gasteiger partial charge in [-0.2, -0.15) is 0 Å². The van der Waals surface area contributed by atoms with Crippen molar-refractivity contribution < 1.29 is 8.78 Å². The second-order valence-corrected chi connectivity index (χ2v) is 5.82. The van der Waals surface area contributed by atoms with E-state index in [1.54, 1.807) is 0 Å². The highest BCUT2D eigenvalue weighted by Crippen LogP contribution is 2.40. The Labute approximate surface area is 129 Å². The normalized spacial score (nSPS) is 14.3. The number of halogens is 3. The fraction of sp³-hybridized carbons (Fsp3) is 0.333. The maximum absolute atomic E-state index is 13.7. The molecule has 21 heavy (non-hydrogen) atoms. The maximum atomic E-state index is 13.7. The lowest BCUT2D eigenvalue weighted by Crippen LogP contribution is -2.04. The SMILES string of the molecule is CCNc1cc(C2CC2)nc(-c2ccc(F)c(F)c2Br)n1. The van der Waals surface area contributed by atoms with Crippen molar-refractivity contribution >= 4 is 21.7 Å². The van der Waals surface area contributed by atoms with Gasteiger partial charge in [-0.15, -0.1) is 0 Å². The Hall–Kier alpha value is -1.56. The van der Waals surface area contributed by atoms with Gasteiger partial charge in [-0.1, -0.05) is 0 Å². The van der Waals surface area contributed by atoms with Gasteiger partial charge in [0.05, 0.1) is 4.47 Å². The number of hydrogen-bond donors (Lipinski definition) is 1. The van der Waals surface area contributed by atoms with E-state index >= 15 is 0 Å². The molecule has 0 atom stereocenters. The summed E-state index contributed by atoms with van der Waals surface area (Å²) in [5.74, 6) is -0.246. The molecular weight excluding hydrogens is 340 g/mol. The van der Waals surface area contributed by atoms with E-state index < -0.39 is 11.6 Å². The highest BCUT2D eigenvalue weighted by Gasteiger charge is 2.27. The maximum Gasteiger partial charge on any atom is 0.173 e. The molecule has 0 radical (unpaired) electrons. The van der Waals surface area contributed by atoms with E-state index in [0.29, 0.717) is 23.1 Å². The van der Waals surface area contributed by atoms with Crippen molar-refractivity contribution in [2.45, 2.75) is 25.7 Å². The lowest BCUT2D eigenvalue weighted by molar-refractivity contribution is 0.504. The quantitative estimate of drug-likeness (QED) is 0.822. The number of nitrogens with zero attached hydrogens (tertiary/aromatic N) is 2. The number of rotatable bonds is 4. The molecule has 0 aliphatic heterocycles. The molecule has 110 valence electrons. The molecule has 0 spiro atoms. The van der Waals surface area contributed by atoms with E-state index in [9.17, 15) is 8.78 Å². The first-order valence-electron chi connectivity index (χ1n) is 6.87. The molecular formula is C15H14BrF2N3. The standard InChI is InChI=1S/C15H14BrF2N3/c1-2-19-12-7-11(8-3-4-8)20-15(21-12)9-5-6-10(17)14(18)13(9)16/h5-8H,2-4H2,1H3,(H,19,20,21). The summed E-state index contributed by atoms with van der Waals surface area (Å²) in [7, 11) is 0. The van der Waals surface area contributed by atoms with Crippen LogP contribution in [0.15, 0.2) is 22.7 Å². The Morgan fingerprint density at radius 2 is 2.05 bits per heavy atom. The molecule has 1 aromatic heterocycles. The average Bonchev–Trinajstić information content (AvgIpc) is 3.29. The average molecular weight is 354 g/mol. The molecule has 0 saturated heterocycles. The molecule has 0 unspecified atom stereocenters. The molecule has 1 fully saturated rings. The second kappa shape index (κ2) is 5.67. The van der Waals surface area contributed by atoms with Crippen molar-refractivity contribution in [3.8, 4) is 11.4 Å². The molecule has 3 rings (SSSR count). The van der Waals surface area contributed by atoms with Crippen LogP contribution in [0.3, 0.4) is 0 Å². The van der Waals surface area contributed by atoms with Crippen molar-refractivity contribution in [2.75, 3.05) is 11.9 Å². The van der Waals surface area contributed by atoms with E-state index in [0.717, 1.165) is 31.1 Å². The lowest BCUT2D eigenvalue weighted by atomic mass is 10.2. The number of hydrogen-bond acceptors (Lipinski definition) is 3. The Balaban J connectivity index is 2.10. The molecule has 2 aromatic rings. The molecule has 1 saturated carbocycles. The van der Waals surface area contributed by atoms with Crippen molar-refractivity contribution in [2.24, 2.45) is 0 Å². The topological polar surface area (TPSA) is 37.8 Å². The molecule has 0 amide bonds. The predicted octanol–water partition coefficient (Wildman–Crippen LogP) is 4.49. The van der Waals surface area contributed by atoms with Crippen molar-refractivity contribution in [1.29, 1.82) is 0 Å². The fourth-order valence-corrected chi connectivity index (χ4v) is 2.64. The van der Waals surface area contributed by atoms with Crippen LogP contribution in [-0.2, 0) is 0 Å². The van der Waals surface area contributed by atoms with E-state index in [4.69, 9.17) is 0 Å². The van der Waals surface area contributed by atoms with Gasteiger partial charge in [-0.05, 0) is 47.8 Å². The first-order chi connectivity index (χ1) is 10.1. The molecule has 3 nitrogen and oxygen atoms in total. The van der Waals surface area contributed by atoms with Crippen molar-refractivity contribution in [1.82, 2.24) is 9.97 Å². The van der Waals surface area contributed by atoms with Gasteiger partial charge in [0.2, 0.25) is 0 Å². The summed E-state index contributed by atoms with van der Waals surface area (Å²) >= 11 is 3.09. The van der Waals surface area contributed by atoms with E-state index in [-0.39, 0.29) is 4.47 Å². The Bertz CT molecular complexity index is 687. The predicted molar refractivity (Wildman–Crippen MR) is 81.2 cm³/mol. The summed E-state index contributed by atoms with van der Waals surface area (Å²) in [5, 5.41) is 3.15. The van der Waals surface area contributed by atoms with Crippen molar-refractivity contribution in [3.05, 3.63) is 40.0 Å². The molecule has 6 heteroatoms. The second-order valence-electron chi connectivity index (χ2n) is 5.03. The summed E-state index contributed by atoms with van der Waals surface area (Å²) in [5.41, 5.74) is 1.41. The molecule has 1 heterocycles. The van der Waals surface area contributed by atoms with Gasteiger partial charge in [0.25, 0.3) is 0 Å². The van der Waals surface area contributed by atoms with Crippen LogP contribution >= 0.6 is 15.9 Å². The summed E-state index contributed by atoms with van der Waals surface area (Å²) in [6.45, 7) is 2.71. The molecule has 1 aromatic carbocycles. The van der Waals surface area contributed by atoms with E-state index in [2.05, 4.69) is 31.2 Å². The van der Waals surface area contributed by atoms with Gasteiger partial charge in [-0.3, -0.25) is 0 Å². The number of anilines is 1. The van der Waals surface area contributed by atoms with Crippen molar-refractivity contribution in [3.63, 3.8) is 0 Å². The minimum Gasteiger partial charge on any atom is -0.370 e. The third-order valence-corrected chi connectivity index (χ3v) is 4.15. The van der Waals surface area contributed by atoms with Gasteiger partial charge in [0, 0.05) is 29.8 Å².